The number of halogens is 1. The number of carbonyl (C=O) groups excluding carboxylic acids is 1. The van der Waals surface area contributed by atoms with Crippen LogP contribution in [0.3, 0.4) is 0 Å². The third-order valence-corrected chi connectivity index (χ3v) is 5.57. The average molecular weight is 401 g/mol. The van der Waals surface area contributed by atoms with Gasteiger partial charge < -0.3 is 4.90 Å². The zero-order valence-electron chi connectivity index (χ0n) is 16.4. The molecule has 1 aliphatic heterocycles. The number of amides is 1. The number of nitrogens with one attached hydrogen (secondary N) is 1. The molecule has 0 saturated carbocycles. The van der Waals surface area contributed by atoms with Crippen molar-refractivity contribution in [1.82, 2.24) is 24.9 Å². The van der Waals surface area contributed by atoms with E-state index in [0.29, 0.717) is 30.0 Å². The Kier molecular flexibility index (Phi) is 4.43. The zero-order chi connectivity index (χ0) is 20.7. The number of aromatic nitrogens is 4. The highest BCUT2D eigenvalue weighted by Crippen LogP contribution is 2.34. The van der Waals surface area contributed by atoms with Crippen LogP contribution in [-0.2, 0) is 13.6 Å². The van der Waals surface area contributed by atoms with Crippen LogP contribution in [0.5, 0.6) is 0 Å². The molecule has 0 fully saturated rings. The number of aromatic amines is 1. The maximum absolute atomic E-state index is 14.1. The summed E-state index contributed by atoms with van der Waals surface area (Å²) in [6, 6.07) is 16.2. The molecule has 1 amide bonds. The summed E-state index contributed by atoms with van der Waals surface area (Å²) in [4.78, 5) is 15.1. The van der Waals surface area contributed by atoms with Crippen LogP contribution < -0.4 is 0 Å². The van der Waals surface area contributed by atoms with Gasteiger partial charge in [0.25, 0.3) is 5.91 Å². The van der Waals surface area contributed by atoms with Crippen LogP contribution in [0.25, 0.3) is 11.3 Å². The van der Waals surface area contributed by atoms with Crippen LogP contribution in [-0.4, -0.2) is 37.3 Å². The predicted octanol–water partition coefficient (Wildman–Crippen LogP) is 3.74. The fourth-order valence-corrected chi connectivity index (χ4v) is 4.08. The number of fused-ring (bicyclic) bond motifs is 1. The Morgan fingerprint density at radius 3 is 2.77 bits per heavy atom. The Hall–Kier alpha value is -3.74. The molecule has 7 heteroatoms. The largest absolute Gasteiger partial charge is 0.332 e. The van der Waals surface area contributed by atoms with Gasteiger partial charge in [-0.15, -0.1) is 0 Å². The van der Waals surface area contributed by atoms with Crippen molar-refractivity contribution in [3.05, 3.63) is 95.2 Å². The minimum atomic E-state index is -0.369. The Morgan fingerprint density at radius 2 is 1.97 bits per heavy atom. The van der Waals surface area contributed by atoms with Crippen LogP contribution in [0.4, 0.5) is 4.39 Å². The van der Waals surface area contributed by atoms with Crippen molar-refractivity contribution in [1.29, 1.82) is 0 Å². The van der Waals surface area contributed by atoms with Crippen molar-refractivity contribution in [3.8, 4) is 11.3 Å². The molecule has 150 valence electrons. The van der Waals surface area contributed by atoms with Gasteiger partial charge >= 0.3 is 0 Å². The molecular formula is C23H20FN5O. The molecule has 4 aromatic rings. The lowest BCUT2D eigenvalue weighted by Crippen LogP contribution is -2.38. The molecule has 0 bridgehead atoms. The molecule has 1 unspecified atom stereocenters. The third-order valence-electron chi connectivity index (χ3n) is 5.57. The summed E-state index contributed by atoms with van der Waals surface area (Å²) in [7, 11) is 1.88. The van der Waals surface area contributed by atoms with Gasteiger partial charge in [-0.1, -0.05) is 36.4 Å². The topological polar surface area (TPSA) is 66.8 Å². The van der Waals surface area contributed by atoms with E-state index in [0.717, 1.165) is 11.1 Å². The van der Waals surface area contributed by atoms with E-state index in [1.807, 2.05) is 31.6 Å². The fraction of sp³-hybridized carbons (Fsp3) is 0.174. The van der Waals surface area contributed by atoms with E-state index < -0.39 is 0 Å². The highest BCUT2D eigenvalue weighted by Gasteiger charge is 2.31. The van der Waals surface area contributed by atoms with Gasteiger partial charge in [0.2, 0.25) is 0 Å². The number of benzene rings is 2. The van der Waals surface area contributed by atoms with Gasteiger partial charge in [-0.25, -0.2) is 4.39 Å². The van der Waals surface area contributed by atoms with Crippen molar-refractivity contribution in [2.45, 2.75) is 12.5 Å². The van der Waals surface area contributed by atoms with Crippen molar-refractivity contribution in [3.63, 3.8) is 0 Å². The highest BCUT2D eigenvalue weighted by atomic mass is 19.1. The smallest absolute Gasteiger partial charge is 0.272 e. The van der Waals surface area contributed by atoms with Crippen molar-refractivity contribution in [2.75, 3.05) is 6.54 Å². The minimum Gasteiger partial charge on any atom is -0.332 e. The maximum Gasteiger partial charge on any atom is 0.272 e. The van der Waals surface area contributed by atoms with Gasteiger partial charge in [-0.2, -0.15) is 10.2 Å². The molecule has 1 N–H and O–H groups in total. The van der Waals surface area contributed by atoms with Gasteiger partial charge in [0.05, 0.1) is 11.9 Å². The van der Waals surface area contributed by atoms with Crippen molar-refractivity contribution < 1.29 is 9.18 Å². The number of aryl methyl sites for hydroxylation is 1. The molecule has 2 aromatic carbocycles. The Balaban J connectivity index is 1.46. The first-order valence-corrected chi connectivity index (χ1v) is 9.76. The quantitative estimate of drug-likeness (QED) is 0.569. The number of hydrogen-bond donors (Lipinski definition) is 1. The second-order valence-corrected chi connectivity index (χ2v) is 7.53. The monoisotopic (exact) mass is 401 g/mol. The summed E-state index contributed by atoms with van der Waals surface area (Å²) in [5, 5.41) is 11.2. The van der Waals surface area contributed by atoms with E-state index in [1.165, 1.54) is 11.6 Å². The molecule has 0 saturated heterocycles. The second kappa shape index (κ2) is 7.26. The lowest BCUT2D eigenvalue weighted by molar-refractivity contribution is 0.0719. The summed E-state index contributed by atoms with van der Waals surface area (Å²) in [5.41, 5.74) is 4.52. The molecule has 3 heterocycles. The van der Waals surface area contributed by atoms with E-state index in [9.17, 15) is 9.18 Å². The maximum atomic E-state index is 14.1. The Bertz CT molecular complexity index is 1230. The summed E-state index contributed by atoms with van der Waals surface area (Å²) in [6.45, 7) is 1.05. The minimum absolute atomic E-state index is 0.0431. The third kappa shape index (κ3) is 3.18. The zero-order valence-corrected chi connectivity index (χ0v) is 16.4. The molecule has 1 aliphatic rings. The van der Waals surface area contributed by atoms with Gasteiger partial charge in [0, 0.05) is 37.8 Å². The van der Waals surface area contributed by atoms with E-state index in [1.54, 1.807) is 33.8 Å². The number of hydrogen-bond acceptors (Lipinski definition) is 3. The molecule has 0 spiro atoms. The molecule has 0 radical (unpaired) electrons. The molecule has 2 aromatic heterocycles. The number of nitrogens with zero attached hydrogens (tertiary/aromatic N) is 4. The summed E-state index contributed by atoms with van der Waals surface area (Å²) >= 11 is 0. The Labute approximate surface area is 173 Å². The van der Waals surface area contributed by atoms with Crippen LogP contribution in [0.2, 0.25) is 0 Å². The lowest BCUT2D eigenvalue weighted by Gasteiger charge is -2.34. The molecule has 1 atom stereocenters. The van der Waals surface area contributed by atoms with Crippen LogP contribution in [0.15, 0.2) is 67.0 Å². The standard InChI is InChI=1S/C23H20FN5O/c1-28-12-16(11-25-28)19-14-29(13-15-6-2-3-7-17(15)19)23(30)22-10-21(26-27-22)18-8-4-5-9-20(18)24/h2-12,19H,13-14H2,1H3,(H,26,27). The van der Waals surface area contributed by atoms with Gasteiger partial charge in [-0.05, 0) is 34.9 Å². The highest BCUT2D eigenvalue weighted by molar-refractivity contribution is 5.93. The summed E-state index contributed by atoms with van der Waals surface area (Å²) in [6.07, 6.45) is 3.84. The van der Waals surface area contributed by atoms with Gasteiger partial charge in [0.1, 0.15) is 11.5 Å². The molecule has 5 rings (SSSR count). The number of H-pyrrole nitrogens is 1. The summed E-state index contributed by atoms with van der Waals surface area (Å²) < 4.78 is 15.9. The average Bonchev–Trinajstić information content (AvgIpc) is 3.42. The van der Waals surface area contributed by atoms with Gasteiger partial charge in [-0.3, -0.25) is 14.6 Å². The predicted molar refractivity (Wildman–Crippen MR) is 110 cm³/mol. The first-order valence-electron chi connectivity index (χ1n) is 9.76. The van der Waals surface area contributed by atoms with Crippen molar-refractivity contribution >= 4 is 5.91 Å². The van der Waals surface area contributed by atoms with Crippen LogP contribution in [0, 0.1) is 5.82 Å². The second-order valence-electron chi connectivity index (χ2n) is 7.53. The fourth-order valence-electron chi connectivity index (χ4n) is 4.08. The SMILES string of the molecule is Cn1cc(C2CN(C(=O)c3cc(-c4ccccc4F)n[nH]3)Cc3ccccc32)cn1. The molecule has 0 aliphatic carbocycles. The van der Waals surface area contributed by atoms with Crippen LogP contribution in [0.1, 0.15) is 33.1 Å². The normalized spacial score (nSPS) is 15.8. The first-order chi connectivity index (χ1) is 14.6. The van der Waals surface area contributed by atoms with E-state index >= 15 is 0 Å². The number of carbonyl (C=O) groups is 1. The Morgan fingerprint density at radius 1 is 1.17 bits per heavy atom. The van der Waals surface area contributed by atoms with E-state index in [4.69, 9.17) is 0 Å². The van der Waals surface area contributed by atoms with Crippen LogP contribution >= 0.6 is 0 Å². The lowest BCUT2D eigenvalue weighted by atomic mass is 9.86. The first kappa shape index (κ1) is 18.3. The van der Waals surface area contributed by atoms with E-state index in [-0.39, 0.29) is 17.6 Å². The van der Waals surface area contributed by atoms with Crippen molar-refractivity contribution in [2.24, 2.45) is 7.05 Å². The number of rotatable bonds is 3. The molecule has 6 nitrogen and oxygen atoms in total. The van der Waals surface area contributed by atoms with E-state index in [2.05, 4.69) is 27.4 Å². The molecule has 30 heavy (non-hydrogen) atoms. The summed E-state index contributed by atoms with van der Waals surface area (Å²) in [5.74, 6) is -0.485. The van der Waals surface area contributed by atoms with Gasteiger partial charge in [0.15, 0.2) is 0 Å². The molecular weight excluding hydrogens is 381 g/mol.